The number of oxazole rings is 1. The molecule has 1 saturated carbocycles. The summed E-state index contributed by atoms with van der Waals surface area (Å²) in [6.45, 7) is 2.04. The SMILES string of the molecule is Cc1cccc(-n2c(SCc3nc(C(=O)NC4CCCCC4)co3)nnc2-c2ccco2)c1. The highest BCUT2D eigenvalue weighted by molar-refractivity contribution is 7.98. The van der Waals surface area contributed by atoms with E-state index in [9.17, 15) is 4.79 Å². The highest BCUT2D eigenvalue weighted by Gasteiger charge is 2.21. The summed E-state index contributed by atoms with van der Waals surface area (Å²) in [6, 6.07) is 12.0. The molecule has 5 rings (SSSR count). The third-order valence-corrected chi connectivity index (χ3v) is 6.60. The average Bonchev–Trinajstić information content (AvgIpc) is 3.59. The van der Waals surface area contributed by atoms with Gasteiger partial charge >= 0.3 is 0 Å². The Hall–Kier alpha value is -3.33. The first-order valence-electron chi connectivity index (χ1n) is 11.1. The fourth-order valence-electron chi connectivity index (χ4n) is 4.04. The molecule has 0 saturated heterocycles. The lowest BCUT2D eigenvalue weighted by molar-refractivity contribution is 0.0922. The largest absolute Gasteiger partial charge is 0.461 e. The third kappa shape index (κ3) is 4.88. The first-order valence-corrected chi connectivity index (χ1v) is 12.1. The van der Waals surface area contributed by atoms with Gasteiger partial charge in [-0.15, -0.1) is 10.2 Å². The summed E-state index contributed by atoms with van der Waals surface area (Å²) < 4.78 is 13.1. The van der Waals surface area contributed by atoms with Crippen molar-refractivity contribution in [3.8, 4) is 17.3 Å². The molecule has 1 amide bonds. The zero-order chi connectivity index (χ0) is 22.6. The molecule has 8 nitrogen and oxygen atoms in total. The molecule has 1 aliphatic rings. The van der Waals surface area contributed by atoms with Gasteiger partial charge in [0.2, 0.25) is 11.7 Å². The highest BCUT2D eigenvalue weighted by Crippen LogP contribution is 2.30. The van der Waals surface area contributed by atoms with Crippen molar-refractivity contribution in [3.05, 3.63) is 66.1 Å². The Labute approximate surface area is 195 Å². The minimum atomic E-state index is -0.176. The van der Waals surface area contributed by atoms with Crippen LogP contribution in [-0.2, 0) is 5.75 Å². The van der Waals surface area contributed by atoms with Crippen molar-refractivity contribution in [1.82, 2.24) is 25.1 Å². The van der Waals surface area contributed by atoms with Crippen LogP contribution in [0.3, 0.4) is 0 Å². The van der Waals surface area contributed by atoms with E-state index in [0.717, 1.165) is 36.9 Å². The second-order valence-corrected chi connectivity index (χ2v) is 9.12. The van der Waals surface area contributed by atoms with Crippen molar-refractivity contribution in [1.29, 1.82) is 0 Å². The second-order valence-electron chi connectivity index (χ2n) is 8.18. The van der Waals surface area contributed by atoms with Gasteiger partial charge in [-0.1, -0.05) is 43.2 Å². The number of amides is 1. The molecule has 4 aromatic rings. The van der Waals surface area contributed by atoms with Gasteiger partial charge in [0, 0.05) is 6.04 Å². The number of rotatable bonds is 7. The summed E-state index contributed by atoms with van der Waals surface area (Å²) in [4.78, 5) is 16.9. The number of hydrogen-bond donors (Lipinski definition) is 1. The summed E-state index contributed by atoms with van der Waals surface area (Å²) in [7, 11) is 0. The number of nitrogens with zero attached hydrogens (tertiary/aromatic N) is 4. The lowest BCUT2D eigenvalue weighted by atomic mass is 9.95. The van der Waals surface area contributed by atoms with Crippen LogP contribution in [0.15, 0.2) is 62.9 Å². The molecule has 0 radical (unpaired) electrons. The molecule has 0 bridgehead atoms. The molecule has 1 N–H and O–H groups in total. The van der Waals surface area contributed by atoms with Gasteiger partial charge in [-0.25, -0.2) is 4.98 Å². The average molecular weight is 464 g/mol. The summed E-state index contributed by atoms with van der Waals surface area (Å²) in [5.41, 5.74) is 2.38. The quantitative estimate of drug-likeness (QED) is 0.377. The van der Waals surface area contributed by atoms with E-state index in [0.29, 0.717) is 34.1 Å². The number of nitrogens with one attached hydrogen (secondary N) is 1. The Morgan fingerprint density at radius 2 is 2.03 bits per heavy atom. The normalized spacial score (nSPS) is 14.5. The van der Waals surface area contributed by atoms with Crippen LogP contribution in [0, 0.1) is 6.92 Å². The molecule has 9 heteroatoms. The maximum atomic E-state index is 12.5. The second kappa shape index (κ2) is 9.66. The van der Waals surface area contributed by atoms with Crippen LogP contribution in [0.2, 0.25) is 0 Å². The summed E-state index contributed by atoms with van der Waals surface area (Å²) in [6.07, 6.45) is 8.66. The van der Waals surface area contributed by atoms with E-state index >= 15 is 0 Å². The van der Waals surface area contributed by atoms with Gasteiger partial charge in [0.25, 0.3) is 5.91 Å². The van der Waals surface area contributed by atoms with Gasteiger partial charge in [-0.05, 0) is 49.6 Å². The predicted molar refractivity (Wildman–Crippen MR) is 124 cm³/mol. The molecular weight excluding hydrogens is 438 g/mol. The van der Waals surface area contributed by atoms with E-state index in [1.807, 2.05) is 41.8 Å². The molecule has 1 fully saturated rings. The highest BCUT2D eigenvalue weighted by atomic mass is 32.2. The van der Waals surface area contributed by atoms with Crippen molar-refractivity contribution in [2.24, 2.45) is 0 Å². The Kier molecular flexibility index (Phi) is 6.30. The number of thioether (sulfide) groups is 1. The third-order valence-electron chi connectivity index (χ3n) is 5.68. The molecule has 0 aliphatic heterocycles. The molecule has 3 aromatic heterocycles. The Morgan fingerprint density at radius 3 is 2.82 bits per heavy atom. The number of aryl methyl sites for hydroxylation is 1. The predicted octanol–water partition coefficient (Wildman–Crippen LogP) is 5.18. The summed E-state index contributed by atoms with van der Waals surface area (Å²) >= 11 is 1.44. The molecule has 0 unspecified atom stereocenters. The maximum Gasteiger partial charge on any atom is 0.273 e. The summed E-state index contributed by atoms with van der Waals surface area (Å²) in [5.74, 6) is 1.96. The Bertz CT molecular complexity index is 1220. The minimum absolute atomic E-state index is 0.176. The Morgan fingerprint density at radius 1 is 1.15 bits per heavy atom. The van der Waals surface area contributed by atoms with Gasteiger partial charge in [0.1, 0.15) is 6.26 Å². The van der Waals surface area contributed by atoms with E-state index in [4.69, 9.17) is 8.83 Å². The monoisotopic (exact) mass is 463 g/mol. The zero-order valence-corrected chi connectivity index (χ0v) is 19.2. The van der Waals surface area contributed by atoms with E-state index < -0.39 is 0 Å². The Balaban J connectivity index is 1.33. The standard InChI is InChI=1S/C24H25N5O3S/c1-16-7-5-10-18(13-16)29-22(20-11-6-12-31-20)27-28-24(29)33-15-21-26-19(14-32-21)23(30)25-17-8-3-2-4-9-17/h5-7,10-14,17H,2-4,8-9,15H2,1H3,(H,25,30). The van der Waals surface area contributed by atoms with Crippen LogP contribution in [-0.4, -0.2) is 31.7 Å². The van der Waals surface area contributed by atoms with Crippen LogP contribution in [0.25, 0.3) is 17.3 Å². The summed E-state index contributed by atoms with van der Waals surface area (Å²) in [5, 5.41) is 12.5. The van der Waals surface area contributed by atoms with E-state index in [1.54, 1.807) is 6.26 Å². The van der Waals surface area contributed by atoms with Crippen LogP contribution in [0.5, 0.6) is 0 Å². The lowest BCUT2D eigenvalue weighted by Crippen LogP contribution is -2.36. The molecule has 0 spiro atoms. The van der Waals surface area contributed by atoms with Gasteiger partial charge < -0.3 is 14.2 Å². The number of aromatic nitrogens is 4. The zero-order valence-electron chi connectivity index (χ0n) is 18.4. The number of carbonyl (C=O) groups excluding carboxylic acids is 1. The molecule has 1 aliphatic carbocycles. The molecular formula is C24H25N5O3S. The van der Waals surface area contributed by atoms with Crippen molar-refractivity contribution in [3.63, 3.8) is 0 Å². The smallest absolute Gasteiger partial charge is 0.273 e. The molecule has 33 heavy (non-hydrogen) atoms. The fraction of sp³-hybridized carbons (Fsp3) is 0.333. The van der Waals surface area contributed by atoms with Crippen LogP contribution in [0.1, 0.15) is 54.0 Å². The number of furan rings is 1. The van der Waals surface area contributed by atoms with Crippen LogP contribution in [0.4, 0.5) is 0 Å². The van der Waals surface area contributed by atoms with Gasteiger partial charge in [-0.2, -0.15) is 0 Å². The van der Waals surface area contributed by atoms with Gasteiger partial charge in [-0.3, -0.25) is 9.36 Å². The number of hydrogen-bond acceptors (Lipinski definition) is 7. The topological polar surface area (TPSA) is 99.0 Å². The van der Waals surface area contributed by atoms with Crippen LogP contribution >= 0.6 is 11.8 Å². The lowest BCUT2D eigenvalue weighted by Gasteiger charge is -2.22. The number of carbonyl (C=O) groups is 1. The molecule has 0 atom stereocenters. The molecule has 170 valence electrons. The first-order chi connectivity index (χ1) is 16.2. The minimum Gasteiger partial charge on any atom is -0.461 e. The van der Waals surface area contributed by atoms with Crippen LogP contribution < -0.4 is 5.32 Å². The van der Waals surface area contributed by atoms with Crippen molar-refractivity contribution in [2.45, 2.75) is 56.0 Å². The van der Waals surface area contributed by atoms with Crippen molar-refractivity contribution < 1.29 is 13.6 Å². The van der Waals surface area contributed by atoms with Gasteiger partial charge in [0.05, 0.1) is 17.7 Å². The van der Waals surface area contributed by atoms with E-state index in [1.165, 1.54) is 24.4 Å². The van der Waals surface area contributed by atoms with Crippen molar-refractivity contribution >= 4 is 17.7 Å². The first kappa shape index (κ1) is 21.5. The number of benzene rings is 1. The van der Waals surface area contributed by atoms with Crippen molar-refractivity contribution in [2.75, 3.05) is 0 Å². The van der Waals surface area contributed by atoms with E-state index in [-0.39, 0.29) is 11.9 Å². The van der Waals surface area contributed by atoms with E-state index in [2.05, 4.69) is 26.6 Å². The maximum absolute atomic E-state index is 12.5. The fourth-order valence-corrected chi connectivity index (χ4v) is 4.85. The molecule has 3 heterocycles. The van der Waals surface area contributed by atoms with Gasteiger partial charge in [0.15, 0.2) is 16.6 Å². The molecule has 1 aromatic carbocycles.